The molecule has 0 saturated heterocycles. The van der Waals surface area contributed by atoms with E-state index in [-0.39, 0.29) is 41.4 Å². The summed E-state index contributed by atoms with van der Waals surface area (Å²) in [5.74, 6) is -2.66. The highest BCUT2D eigenvalue weighted by Crippen LogP contribution is 2.30. The summed E-state index contributed by atoms with van der Waals surface area (Å²) >= 11 is 0. The largest absolute Gasteiger partial charge is 0.485 e. The minimum atomic E-state index is -0.776. The molecule has 0 aliphatic carbocycles. The van der Waals surface area contributed by atoms with E-state index in [0.717, 1.165) is 24.3 Å². The number of ether oxygens (including phenoxy) is 2. The molecule has 0 unspecified atom stereocenters. The number of rotatable bonds is 7. The lowest BCUT2D eigenvalue weighted by Crippen LogP contribution is -2.04. The summed E-state index contributed by atoms with van der Waals surface area (Å²) in [6, 6.07) is 10.4. The molecule has 0 aliphatic rings. The molecule has 0 spiro atoms. The molecule has 3 rings (SSSR count). The minimum absolute atomic E-state index is 0.105. The number of aldehydes is 1. The van der Waals surface area contributed by atoms with Gasteiger partial charge in [0.05, 0.1) is 0 Å². The predicted octanol–water partition coefficient (Wildman–Crippen LogP) is 5.21. The molecule has 0 heterocycles. The molecule has 0 N–H and O–H groups in total. The fourth-order valence-corrected chi connectivity index (χ4v) is 2.42. The molecule has 0 aromatic heterocycles. The number of benzene rings is 3. The van der Waals surface area contributed by atoms with Crippen molar-refractivity contribution in [3.63, 3.8) is 0 Å². The van der Waals surface area contributed by atoms with Gasteiger partial charge in [0.25, 0.3) is 0 Å². The van der Waals surface area contributed by atoms with Crippen LogP contribution in [0.25, 0.3) is 0 Å². The van der Waals surface area contributed by atoms with Gasteiger partial charge in [-0.2, -0.15) is 0 Å². The van der Waals surface area contributed by atoms with Gasteiger partial charge in [-0.1, -0.05) is 0 Å². The van der Waals surface area contributed by atoms with Crippen molar-refractivity contribution in [1.29, 1.82) is 0 Å². The highest BCUT2D eigenvalue weighted by atomic mass is 19.1. The highest BCUT2D eigenvalue weighted by molar-refractivity contribution is 5.76. The van der Waals surface area contributed by atoms with Gasteiger partial charge in [0.2, 0.25) is 0 Å². The summed E-state index contributed by atoms with van der Waals surface area (Å²) in [5.41, 5.74) is 0.514. The van der Waals surface area contributed by atoms with Crippen molar-refractivity contribution < 1.29 is 31.8 Å². The number of halogens is 4. The maximum absolute atomic E-state index is 13.8. The molecule has 0 atom stereocenters. The van der Waals surface area contributed by atoms with E-state index in [1.54, 1.807) is 0 Å². The standard InChI is InChI=1S/C21H14F4O3/c22-16-4-2-14(18(24)8-16)11-27-20-6-1-13(10-26)7-21(20)28-12-15-3-5-17(23)9-19(15)25/h1-10H,11-12H2. The minimum Gasteiger partial charge on any atom is -0.485 e. The third kappa shape index (κ3) is 4.68. The summed E-state index contributed by atoms with van der Waals surface area (Å²) in [6.45, 7) is -0.455. The quantitative estimate of drug-likeness (QED) is 0.410. The van der Waals surface area contributed by atoms with Crippen LogP contribution in [0.2, 0.25) is 0 Å². The Morgan fingerprint density at radius 1 is 0.679 bits per heavy atom. The van der Waals surface area contributed by atoms with E-state index in [9.17, 15) is 22.4 Å². The fourth-order valence-electron chi connectivity index (χ4n) is 2.42. The van der Waals surface area contributed by atoms with Gasteiger partial charge in [-0.25, -0.2) is 17.6 Å². The Balaban J connectivity index is 1.78. The summed E-state index contributed by atoms with van der Waals surface area (Å²) in [5, 5.41) is 0. The SMILES string of the molecule is O=Cc1ccc(OCc2ccc(F)cc2F)c(OCc2ccc(F)cc2F)c1. The van der Waals surface area contributed by atoms with E-state index in [2.05, 4.69) is 0 Å². The third-order valence-electron chi connectivity index (χ3n) is 3.90. The Morgan fingerprint density at radius 3 is 1.71 bits per heavy atom. The van der Waals surface area contributed by atoms with Crippen LogP contribution in [0.1, 0.15) is 21.5 Å². The Labute approximate surface area is 158 Å². The van der Waals surface area contributed by atoms with E-state index in [4.69, 9.17) is 9.47 Å². The Hall–Kier alpha value is -3.35. The molecular formula is C21H14F4O3. The van der Waals surface area contributed by atoms with Gasteiger partial charge in [0.1, 0.15) is 42.8 Å². The van der Waals surface area contributed by atoms with Crippen LogP contribution in [0.4, 0.5) is 17.6 Å². The second-order valence-electron chi connectivity index (χ2n) is 5.87. The predicted molar refractivity (Wildman–Crippen MR) is 93.2 cm³/mol. The zero-order valence-corrected chi connectivity index (χ0v) is 14.4. The van der Waals surface area contributed by atoms with Crippen LogP contribution < -0.4 is 9.47 Å². The van der Waals surface area contributed by atoms with Crippen molar-refractivity contribution in [2.75, 3.05) is 0 Å². The van der Waals surface area contributed by atoms with Crippen LogP contribution in [0.5, 0.6) is 11.5 Å². The monoisotopic (exact) mass is 390 g/mol. The number of hydrogen-bond acceptors (Lipinski definition) is 3. The van der Waals surface area contributed by atoms with Gasteiger partial charge in [-0.15, -0.1) is 0 Å². The Morgan fingerprint density at radius 2 is 1.21 bits per heavy atom. The lowest BCUT2D eigenvalue weighted by molar-refractivity contribution is 0.112. The molecule has 0 aliphatic heterocycles. The zero-order chi connectivity index (χ0) is 20.1. The molecule has 0 radical (unpaired) electrons. The summed E-state index contributed by atoms with van der Waals surface area (Å²) in [7, 11) is 0. The van der Waals surface area contributed by atoms with Gasteiger partial charge in [-0.3, -0.25) is 4.79 Å². The van der Waals surface area contributed by atoms with E-state index in [1.165, 1.54) is 30.3 Å². The van der Waals surface area contributed by atoms with Crippen LogP contribution >= 0.6 is 0 Å². The second kappa shape index (κ2) is 8.56. The zero-order valence-electron chi connectivity index (χ0n) is 14.4. The van der Waals surface area contributed by atoms with E-state index >= 15 is 0 Å². The molecule has 7 heteroatoms. The van der Waals surface area contributed by atoms with Crippen LogP contribution in [-0.2, 0) is 13.2 Å². The van der Waals surface area contributed by atoms with Crippen molar-refractivity contribution in [2.24, 2.45) is 0 Å². The molecule has 0 saturated carbocycles. The van der Waals surface area contributed by atoms with Gasteiger partial charge in [0, 0.05) is 28.8 Å². The first-order chi connectivity index (χ1) is 13.5. The highest BCUT2D eigenvalue weighted by Gasteiger charge is 2.12. The average molecular weight is 390 g/mol. The van der Waals surface area contributed by atoms with Crippen molar-refractivity contribution in [3.8, 4) is 11.5 Å². The summed E-state index contributed by atoms with van der Waals surface area (Å²) < 4.78 is 64.6. The van der Waals surface area contributed by atoms with Gasteiger partial charge in [0.15, 0.2) is 11.5 Å². The molecule has 144 valence electrons. The average Bonchev–Trinajstić information content (AvgIpc) is 2.67. The molecule has 0 amide bonds. The molecule has 3 aromatic carbocycles. The number of carbonyl (C=O) groups excluding carboxylic acids is 1. The Kier molecular flexibility index (Phi) is 5.93. The third-order valence-corrected chi connectivity index (χ3v) is 3.90. The van der Waals surface area contributed by atoms with Crippen molar-refractivity contribution in [1.82, 2.24) is 0 Å². The lowest BCUT2D eigenvalue weighted by Gasteiger charge is -2.14. The summed E-state index contributed by atoms with van der Waals surface area (Å²) in [6.07, 6.45) is 0.592. The van der Waals surface area contributed by atoms with Crippen LogP contribution in [0, 0.1) is 23.3 Å². The smallest absolute Gasteiger partial charge is 0.162 e. The van der Waals surface area contributed by atoms with Crippen molar-refractivity contribution >= 4 is 6.29 Å². The van der Waals surface area contributed by atoms with E-state index in [1.807, 2.05) is 0 Å². The van der Waals surface area contributed by atoms with Crippen molar-refractivity contribution in [2.45, 2.75) is 13.2 Å². The molecule has 0 bridgehead atoms. The summed E-state index contributed by atoms with van der Waals surface area (Å²) in [4.78, 5) is 11.0. The molecule has 3 nitrogen and oxygen atoms in total. The van der Waals surface area contributed by atoms with Crippen LogP contribution in [0.15, 0.2) is 54.6 Å². The lowest BCUT2D eigenvalue weighted by atomic mass is 10.2. The maximum Gasteiger partial charge on any atom is 0.162 e. The first-order valence-corrected chi connectivity index (χ1v) is 8.19. The first-order valence-electron chi connectivity index (χ1n) is 8.19. The van der Waals surface area contributed by atoms with Gasteiger partial charge >= 0.3 is 0 Å². The van der Waals surface area contributed by atoms with E-state index in [0.29, 0.717) is 6.29 Å². The number of hydrogen-bond donors (Lipinski definition) is 0. The molecule has 0 fully saturated rings. The van der Waals surface area contributed by atoms with Crippen LogP contribution in [0.3, 0.4) is 0 Å². The molecule has 3 aromatic rings. The first kappa shape index (κ1) is 19.4. The van der Waals surface area contributed by atoms with E-state index < -0.39 is 23.3 Å². The molecule has 28 heavy (non-hydrogen) atoms. The van der Waals surface area contributed by atoms with Gasteiger partial charge < -0.3 is 9.47 Å². The van der Waals surface area contributed by atoms with Crippen molar-refractivity contribution in [3.05, 3.63) is 94.6 Å². The fraction of sp³-hybridized carbons (Fsp3) is 0.0952. The van der Waals surface area contributed by atoms with Gasteiger partial charge in [-0.05, 0) is 42.5 Å². The Bertz CT molecular complexity index is 1000. The molecular weight excluding hydrogens is 376 g/mol. The van der Waals surface area contributed by atoms with Crippen LogP contribution in [-0.4, -0.2) is 6.29 Å². The topological polar surface area (TPSA) is 35.5 Å². The second-order valence-corrected chi connectivity index (χ2v) is 5.87. The maximum atomic E-state index is 13.8. The number of carbonyl (C=O) groups is 1. The normalized spacial score (nSPS) is 10.6.